The molecule has 0 aromatic heterocycles. The normalized spacial score (nSPS) is 18.3. The molecule has 0 bridgehead atoms. The Morgan fingerprint density at radius 2 is 1.58 bits per heavy atom. The smallest absolute Gasteiger partial charge is 0.251 e. The molecule has 0 radical (unpaired) electrons. The molecule has 2 aromatic carbocycles. The Kier molecular flexibility index (Phi) is 12.9. The van der Waals surface area contributed by atoms with Gasteiger partial charge in [0, 0.05) is 70.8 Å². The molecule has 3 unspecified atom stereocenters. The second-order valence-electron chi connectivity index (χ2n) is 13.6. The summed E-state index contributed by atoms with van der Waals surface area (Å²) in [6.45, 7) is 17.0. The van der Waals surface area contributed by atoms with E-state index >= 15 is 0 Å². The first-order valence-corrected chi connectivity index (χ1v) is 16.9. The molecule has 0 spiro atoms. The van der Waals surface area contributed by atoms with Crippen LogP contribution in [0.4, 0.5) is 5.69 Å². The maximum Gasteiger partial charge on any atom is 0.251 e. The van der Waals surface area contributed by atoms with Gasteiger partial charge in [0.25, 0.3) is 5.91 Å². The van der Waals surface area contributed by atoms with E-state index in [1.165, 1.54) is 5.56 Å². The Bertz CT molecular complexity index is 1250. The summed E-state index contributed by atoms with van der Waals surface area (Å²) in [7, 11) is 3.81. The van der Waals surface area contributed by atoms with Crippen molar-refractivity contribution < 1.29 is 19.1 Å². The third kappa shape index (κ3) is 9.30. The molecule has 2 aliphatic heterocycles. The molecule has 2 aromatic rings. The molecule has 45 heavy (non-hydrogen) atoms. The van der Waals surface area contributed by atoms with Crippen LogP contribution in [0.2, 0.25) is 0 Å². The van der Waals surface area contributed by atoms with Crippen molar-refractivity contribution in [1.82, 2.24) is 15.5 Å². The third-order valence-corrected chi connectivity index (χ3v) is 10.2. The summed E-state index contributed by atoms with van der Waals surface area (Å²) in [5.41, 5.74) is 6.02. The molecule has 2 N–H and O–H groups in total. The van der Waals surface area contributed by atoms with Gasteiger partial charge in [-0.1, -0.05) is 52.0 Å². The lowest BCUT2D eigenvalue weighted by atomic mass is 9.81. The second-order valence-corrected chi connectivity index (χ2v) is 13.6. The van der Waals surface area contributed by atoms with E-state index in [9.17, 15) is 9.59 Å². The van der Waals surface area contributed by atoms with Crippen LogP contribution in [0, 0.1) is 30.6 Å². The maximum absolute atomic E-state index is 13.9. The van der Waals surface area contributed by atoms with Gasteiger partial charge in [-0.05, 0) is 78.3 Å². The molecule has 3 atom stereocenters. The Labute approximate surface area is 271 Å². The van der Waals surface area contributed by atoms with Crippen LogP contribution in [0.1, 0.15) is 68.4 Å². The third-order valence-electron chi connectivity index (χ3n) is 10.2. The Balaban J connectivity index is 1.60. The highest BCUT2D eigenvalue weighted by Gasteiger charge is 2.28. The van der Waals surface area contributed by atoms with Crippen molar-refractivity contribution in [2.45, 2.75) is 66.5 Å². The summed E-state index contributed by atoms with van der Waals surface area (Å²) in [4.78, 5) is 31.6. The Hall–Kier alpha value is -2.94. The minimum Gasteiger partial charge on any atom is -0.381 e. The molecule has 0 aliphatic carbocycles. The summed E-state index contributed by atoms with van der Waals surface area (Å²) in [5.74, 6) is 0.704. The van der Waals surface area contributed by atoms with Gasteiger partial charge in [0.1, 0.15) is 0 Å². The monoisotopic (exact) mass is 620 g/mol. The van der Waals surface area contributed by atoms with Gasteiger partial charge >= 0.3 is 0 Å². The van der Waals surface area contributed by atoms with Crippen LogP contribution in [0.25, 0.3) is 11.1 Å². The molecule has 4 rings (SSSR count). The second kappa shape index (κ2) is 16.6. The van der Waals surface area contributed by atoms with Gasteiger partial charge in [0.15, 0.2) is 0 Å². The first-order chi connectivity index (χ1) is 21.6. The fourth-order valence-corrected chi connectivity index (χ4v) is 6.62. The fourth-order valence-electron chi connectivity index (χ4n) is 6.62. The molecule has 0 saturated carbocycles. The predicted molar refractivity (Wildman–Crippen MR) is 183 cm³/mol. The molecule has 2 saturated heterocycles. The number of carbonyl (C=O) groups is 2. The van der Waals surface area contributed by atoms with E-state index in [1.54, 1.807) is 7.05 Å². The summed E-state index contributed by atoms with van der Waals surface area (Å²) in [6, 6.07) is 13.3. The quantitative estimate of drug-likeness (QED) is 0.307. The number of nitrogens with zero attached hydrogens (tertiary/aromatic N) is 2. The Morgan fingerprint density at radius 1 is 0.933 bits per heavy atom. The lowest BCUT2D eigenvalue weighted by Crippen LogP contribution is -2.41. The van der Waals surface area contributed by atoms with E-state index in [0.717, 1.165) is 87.7 Å². The fraction of sp³-hybridized carbons (Fsp3) is 0.622. The van der Waals surface area contributed by atoms with Gasteiger partial charge in [-0.3, -0.25) is 14.5 Å². The van der Waals surface area contributed by atoms with E-state index in [1.807, 2.05) is 13.0 Å². The zero-order valence-electron chi connectivity index (χ0n) is 28.7. The number of rotatable bonds is 13. The number of hydrogen-bond acceptors (Lipinski definition) is 6. The zero-order valence-corrected chi connectivity index (χ0v) is 28.7. The Morgan fingerprint density at radius 3 is 2.20 bits per heavy atom. The van der Waals surface area contributed by atoms with Crippen molar-refractivity contribution in [2.75, 3.05) is 65.1 Å². The molecular weight excluding hydrogens is 564 g/mol. The minimum absolute atomic E-state index is 0.0265. The van der Waals surface area contributed by atoms with Gasteiger partial charge in [-0.15, -0.1) is 0 Å². The molecule has 8 nitrogen and oxygen atoms in total. The summed E-state index contributed by atoms with van der Waals surface area (Å²) >= 11 is 0. The van der Waals surface area contributed by atoms with Gasteiger partial charge in [-0.25, -0.2) is 0 Å². The van der Waals surface area contributed by atoms with Crippen LogP contribution >= 0.6 is 0 Å². The number of hydrogen-bond donors (Lipinski definition) is 2. The summed E-state index contributed by atoms with van der Waals surface area (Å²) in [5, 5.41) is 5.99. The number of anilines is 1. The van der Waals surface area contributed by atoms with Gasteiger partial charge in [0.05, 0.1) is 19.1 Å². The van der Waals surface area contributed by atoms with Crippen LogP contribution in [-0.4, -0.2) is 82.9 Å². The average molecular weight is 621 g/mol. The number of nitrogens with one attached hydrogen (secondary N) is 2. The van der Waals surface area contributed by atoms with Crippen LogP contribution in [0.5, 0.6) is 0 Å². The first kappa shape index (κ1) is 34.9. The number of carbonyl (C=O) groups excluding carboxylic acids is 2. The van der Waals surface area contributed by atoms with E-state index < -0.39 is 0 Å². The maximum atomic E-state index is 13.9. The van der Waals surface area contributed by atoms with Gasteiger partial charge < -0.3 is 25.0 Å². The highest BCUT2D eigenvalue weighted by atomic mass is 16.5. The molecular formula is C37H56N4O4. The number of amides is 2. The summed E-state index contributed by atoms with van der Waals surface area (Å²) < 4.78 is 11.1. The van der Waals surface area contributed by atoms with E-state index in [2.05, 4.69) is 85.5 Å². The molecule has 2 heterocycles. The molecule has 2 fully saturated rings. The van der Waals surface area contributed by atoms with Crippen molar-refractivity contribution >= 4 is 17.5 Å². The largest absolute Gasteiger partial charge is 0.381 e. The zero-order chi connectivity index (χ0) is 32.5. The van der Waals surface area contributed by atoms with E-state index in [0.29, 0.717) is 30.0 Å². The van der Waals surface area contributed by atoms with Crippen LogP contribution in [-0.2, 0) is 20.8 Å². The number of benzene rings is 2. The highest BCUT2D eigenvalue weighted by Crippen LogP contribution is 2.33. The van der Waals surface area contributed by atoms with Crippen LogP contribution in [0.15, 0.2) is 36.4 Å². The van der Waals surface area contributed by atoms with Crippen molar-refractivity contribution in [3.63, 3.8) is 0 Å². The average Bonchev–Trinajstić information content (AvgIpc) is 3.05. The first-order valence-electron chi connectivity index (χ1n) is 16.9. The van der Waals surface area contributed by atoms with Crippen molar-refractivity contribution in [3.05, 3.63) is 53.1 Å². The van der Waals surface area contributed by atoms with Crippen LogP contribution < -0.4 is 15.5 Å². The van der Waals surface area contributed by atoms with Crippen molar-refractivity contribution in [2.24, 2.45) is 23.7 Å². The molecule has 2 amide bonds. The SMILES string of the molecule is CNC(=O)C(CNC(=O)c1cc(-c2ccc(CN3CCOCC3)cc2)cc(N(C)C2CCOCC2)c1C)C(C)CC(C)C(C)C. The van der Waals surface area contributed by atoms with E-state index in [-0.39, 0.29) is 23.7 Å². The molecule has 2 aliphatic rings. The number of morpholine rings is 1. The van der Waals surface area contributed by atoms with Crippen LogP contribution in [0.3, 0.4) is 0 Å². The minimum atomic E-state index is -0.299. The van der Waals surface area contributed by atoms with E-state index in [4.69, 9.17) is 9.47 Å². The van der Waals surface area contributed by atoms with Gasteiger partial charge in [0.2, 0.25) is 5.91 Å². The standard InChI is InChI=1S/C37H56N4O4/c1-25(2)26(3)20-27(4)34(36(42)38-6)23-39-37(43)33-21-31(22-35(28(33)5)40(7)32-12-16-44-17-13-32)30-10-8-29(9-11-30)24-41-14-18-45-19-15-41/h8-11,21-22,25-27,32,34H,12-20,23-24H2,1-7H3,(H,38,42)(H,39,43). The predicted octanol–water partition coefficient (Wildman–Crippen LogP) is 5.52. The lowest BCUT2D eigenvalue weighted by Gasteiger charge is -2.34. The number of ether oxygens (including phenoxy) is 2. The topological polar surface area (TPSA) is 83.1 Å². The highest BCUT2D eigenvalue weighted by molar-refractivity contribution is 5.99. The van der Waals surface area contributed by atoms with Gasteiger partial charge in [-0.2, -0.15) is 0 Å². The molecule has 8 heteroatoms. The molecule has 248 valence electrons. The summed E-state index contributed by atoms with van der Waals surface area (Å²) in [6.07, 6.45) is 2.85. The van der Waals surface area contributed by atoms with Crippen molar-refractivity contribution in [3.8, 4) is 11.1 Å². The lowest BCUT2D eigenvalue weighted by molar-refractivity contribution is -0.126. The van der Waals surface area contributed by atoms with Crippen molar-refractivity contribution in [1.29, 1.82) is 0 Å².